The summed E-state index contributed by atoms with van der Waals surface area (Å²) in [6.07, 6.45) is 1.66. The van der Waals surface area contributed by atoms with Gasteiger partial charge in [0, 0.05) is 23.1 Å². The highest BCUT2D eigenvalue weighted by atomic mass is 16.3. The minimum atomic E-state index is -0.946. The monoisotopic (exact) mass is 341 g/mol. The van der Waals surface area contributed by atoms with Crippen molar-refractivity contribution in [1.82, 2.24) is 14.7 Å². The van der Waals surface area contributed by atoms with Gasteiger partial charge in [0.1, 0.15) is 5.60 Å². The van der Waals surface area contributed by atoms with Crippen molar-refractivity contribution in [3.63, 3.8) is 0 Å². The van der Waals surface area contributed by atoms with Crippen molar-refractivity contribution in [1.29, 1.82) is 0 Å². The summed E-state index contributed by atoms with van der Waals surface area (Å²) in [5, 5.41) is 16.8. The van der Waals surface area contributed by atoms with E-state index in [0.717, 1.165) is 47.6 Å². The van der Waals surface area contributed by atoms with Crippen molar-refractivity contribution in [2.24, 2.45) is 0 Å². The van der Waals surface area contributed by atoms with Crippen molar-refractivity contribution >= 4 is 0 Å². The summed E-state index contributed by atoms with van der Waals surface area (Å²) in [6.45, 7) is 10.4. The second-order valence-corrected chi connectivity index (χ2v) is 8.45. The molecule has 0 aliphatic heterocycles. The van der Waals surface area contributed by atoms with Gasteiger partial charge in [0.05, 0.1) is 11.4 Å². The number of hydrogen-bond donors (Lipinski definition) is 1. The van der Waals surface area contributed by atoms with E-state index in [1.165, 1.54) is 0 Å². The van der Waals surface area contributed by atoms with Crippen molar-refractivity contribution < 1.29 is 5.11 Å². The summed E-state index contributed by atoms with van der Waals surface area (Å²) in [7, 11) is 4.15. The van der Waals surface area contributed by atoms with E-state index in [1.807, 2.05) is 6.07 Å². The average Bonchev–Trinajstić information content (AvgIpc) is 3.04. The lowest BCUT2D eigenvalue weighted by atomic mass is 9.80. The third-order valence-corrected chi connectivity index (χ3v) is 5.15. The van der Waals surface area contributed by atoms with E-state index in [9.17, 15) is 5.11 Å². The molecule has 0 spiro atoms. The molecule has 1 aromatic heterocycles. The maximum atomic E-state index is 11.9. The fourth-order valence-electron chi connectivity index (χ4n) is 3.98. The third kappa shape index (κ3) is 2.91. The van der Waals surface area contributed by atoms with Crippen LogP contribution in [0.15, 0.2) is 24.3 Å². The van der Waals surface area contributed by atoms with Gasteiger partial charge in [-0.3, -0.25) is 4.68 Å². The van der Waals surface area contributed by atoms with Crippen LogP contribution in [0.4, 0.5) is 0 Å². The van der Waals surface area contributed by atoms with Crippen LogP contribution in [0.2, 0.25) is 0 Å². The highest BCUT2D eigenvalue weighted by Gasteiger charge is 2.47. The molecule has 25 heavy (non-hydrogen) atoms. The Morgan fingerprint density at radius 1 is 1.20 bits per heavy atom. The van der Waals surface area contributed by atoms with Gasteiger partial charge in [0.25, 0.3) is 0 Å². The molecule has 4 nitrogen and oxygen atoms in total. The van der Waals surface area contributed by atoms with Crippen molar-refractivity contribution in [3.05, 3.63) is 41.1 Å². The number of aryl methyl sites for hydroxylation is 1. The Balaban J connectivity index is 2.20. The molecule has 136 valence electrons. The predicted octanol–water partition coefficient (Wildman–Crippen LogP) is 3.76. The molecule has 0 saturated heterocycles. The van der Waals surface area contributed by atoms with E-state index < -0.39 is 5.60 Å². The molecule has 1 heterocycles. The maximum absolute atomic E-state index is 11.9. The van der Waals surface area contributed by atoms with Gasteiger partial charge in [-0.25, -0.2) is 0 Å². The molecule has 1 unspecified atom stereocenters. The summed E-state index contributed by atoms with van der Waals surface area (Å²) in [5.41, 5.74) is 4.27. The largest absolute Gasteiger partial charge is 0.380 e. The fraction of sp³-hybridized carbons (Fsp3) is 0.571. The summed E-state index contributed by atoms with van der Waals surface area (Å²) in [6, 6.07) is 8.29. The summed E-state index contributed by atoms with van der Waals surface area (Å²) in [5.74, 6) is 0. The minimum absolute atomic E-state index is 0.109. The van der Waals surface area contributed by atoms with E-state index in [4.69, 9.17) is 5.10 Å². The van der Waals surface area contributed by atoms with Crippen LogP contribution in [-0.4, -0.2) is 40.4 Å². The molecule has 1 N–H and O–H groups in total. The zero-order valence-corrected chi connectivity index (χ0v) is 16.4. The first-order valence-electron chi connectivity index (χ1n) is 9.29. The number of aromatic nitrogens is 2. The lowest BCUT2D eigenvalue weighted by molar-refractivity contribution is 0.0693. The van der Waals surface area contributed by atoms with E-state index >= 15 is 0 Å². The fourth-order valence-corrected chi connectivity index (χ4v) is 3.98. The molecule has 3 rings (SSSR count). The van der Waals surface area contributed by atoms with Gasteiger partial charge in [-0.2, -0.15) is 5.10 Å². The molecule has 1 aliphatic rings. The summed E-state index contributed by atoms with van der Waals surface area (Å²) < 4.78 is 2.07. The molecule has 4 heteroatoms. The van der Waals surface area contributed by atoms with Crippen LogP contribution in [0, 0.1) is 0 Å². The molecule has 1 aliphatic carbocycles. The average molecular weight is 341 g/mol. The molecule has 0 radical (unpaired) electrons. The Hall–Kier alpha value is -1.65. The lowest BCUT2D eigenvalue weighted by Gasteiger charge is -2.29. The van der Waals surface area contributed by atoms with Gasteiger partial charge in [-0.1, -0.05) is 45.0 Å². The molecule has 0 saturated carbocycles. The molecule has 1 atom stereocenters. The summed E-state index contributed by atoms with van der Waals surface area (Å²) in [4.78, 5) is 2.17. The Kier molecular flexibility index (Phi) is 4.54. The van der Waals surface area contributed by atoms with Gasteiger partial charge >= 0.3 is 0 Å². The van der Waals surface area contributed by atoms with Crippen LogP contribution < -0.4 is 0 Å². The van der Waals surface area contributed by atoms with Crippen molar-refractivity contribution in [2.45, 2.75) is 58.1 Å². The third-order valence-electron chi connectivity index (χ3n) is 5.15. The first kappa shape index (κ1) is 18.2. The Labute approximate surface area is 151 Å². The Bertz CT molecular complexity index is 770. The van der Waals surface area contributed by atoms with Crippen LogP contribution in [0.3, 0.4) is 0 Å². The van der Waals surface area contributed by atoms with Crippen LogP contribution in [0.25, 0.3) is 11.3 Å². The Morgan fingerprint density at radius 3 is 2.48 bits per heavy atom. The molecule has 0 bridgehead atoms. The standard InChI is InChI=1S/C21H31N3O/c1-7-24-18-15-11-8-9-12-16(15)21(25,13-10-14-23(5)6)17(18)19(22-24)20(2,3)4/h8-9,11-12,25H,7,10,13-14H2,1-6H3. The zero-order valence-electron chi connectivity index (χ0n) is 16.4. The normalized spacial score (nSPS) is 19.4. The van der Waals surface area contributed by atoms with Crippen LogP contribution in [0.5, 0.6) is 0 Å². The van der Waals surface area contributed by atoms with Crippen molar-refractivity contribution in [3.8, 4) is 11.3 Å². The van der Waals surface area contributed by atoms with Gasteiger partial charge in [0.15, 0.2) is 0 Å². The first-order chi connectivity index (χ1) is 11.7. The molecule has 0 fully saturated rings. The van der Waals surface area contributed by atoms with E-state index in [0.29, 0.717) is 6.42 Å². The van der Waals surface area contributed by atoms with Gasteiger partial charge in [-0.15, -0.1) is 0 Å². The smallest absolute Gasteiger partial charge is 0.119 e. The topological polar surface area (TPSA) is 41.3 Å². The van der Waals surface area contributed by atoms with Crippen LogP contribution in [-0.2, 0) is 17.6 Å². The maximum Gasteiger partial charge on any atom is 0.119 e. The van der Waals surface area contributed by atoms with Crippen LogP contribution in [0.1, 0.15) is 57.4 Å². The number of rotatable bonds is 5. The number of aliphatic hydroxyl groups is 1. The second-order valence-electron chi connectivity index (χ2n) is 8.45. The van der Waals surface area contributed by atoms with Gasteiger partial charge < -0.3 is 10.0 Å². The molecular formula is C21H31N3O. The van der Waals surface area contributed by atoms with Crippen molar-refractivity contribution in [2.75, 3.05) is 20.6 Å². The quantitative estimate of drug-likeness (QED) is 0.900. The van der Waals surface area contributed by atoms with Gasteiger partial charge in [-0.05, 0) is 46.0 Å². The molecule has 2 aromatic rings. The first-order valence-corrected chi connectivity index (χ1v) is 9.29. The number of hydrogen-bond acceptors (Lipinski definition) is 3. The highest BCUT2D eigenvalue weighted by molar-refractivity contribution is 5.79. The zero-order chi connectivity index (χ0) is 18.4. The van der Waals surface area contributed by atoms with Crippen LogP contribution >= 0.6 is 0 Å². The Morgan fingerprint density at radius 2 is 1.88 bits per heavy atom. The molecule has 1 aromatic carbocycles. The number of benzene rings is 1. The highest BCUT2D eigenvalue weighted by Crippen LogP contribution is 2.52. The molecule has 0 amide bonds. The van der Waals surface area contributed by atoms with Gasteiger partial charge in [0.2, 0.25) is 0 Å². The SMILES string of the molecule is CCn1nc(C(C)(C)C)c2c1-c1ccccc1C2(O)CCCN(C)C. The minimum Gasteiger partial charge on any atom is -0.380 e. The lowest BCUT2D eigenvalue weighted by Crippen LogP contribution is -2.30. The van der Waals surface area contributed by atoms with E-state index in [2.05, 4.69) is 69.6 Å². The summed E-state index contributed by atoms with van der Waals surface area (Å²) >= 11 is 0. The second kappa shape index (κ2) is 6.26. The van der Waals surface area contributed by atoms with E-state index in [1.54, 1.807) is 0 Å². The number of nitrogens with zero attached hydrogens (tertiary/aromatic N) is 3. The predicted molar refractivity (Wildman–Crippen MR) is 103 cm³/mol. The number of fused-ring (bicyclic) bond motifs is 3. The molecular weight excluding hydrogens is 310 g/mol. The van der Waals surface area contributed by atoms with E-state index in [-0.39, 0.29) is 5.41 Å².